The van der Waals surface area contributed by atoms with Crippen molar-refractivity contribution in [1.82, 2.24) is 25.2 Å². The van der Waals surface area contributed by atoms with Crippen LogP contribution in [0.15, 0.2) is 23.1 Å². The standard InChI is InChI=1S/C17H24N6O2/c1-3-8-19-17(25)20-12-6-10-23(11-7-12)15-16(24)22(2)14-13(21-15)5-4-9-18-14/h4-5,9,12H,3,6-8,10-11H2,1-2H3,(H2,19,20,25). The molecule has 1 aliphatic rings. The number of hydrogen-bond acceptors (Lipinski definition) is 5. The Morgan fingerprint density at radius 2 is 2.12 bits per heavy atom. The van der Waals surface area contributed by atoms with Crippen molar-refractivity contribution in [2.24, 2.45) is 7.05 Å². The number of rotatable bonds is 4. The number of fused-ring (bicyclic) bond motifs is 1. The van der Waals surface area contributed by atoms with Crippen LogP contribution in [0.5, 0.6) is 0 Å². The number of carbonyl (C=O) groups excluding carboxylic acids is 1. The van der Waals surface area contributed by atoms with Crippen LogP contribution in [0.3, 0.4) is 0 Å². The predicted octanol–water partition coefficient (Wildman–Crippen LogP) is 1.01. The molecule has 8 nitrogen and oxygen atoms in total. The fourth-order valence-electron chi connectivity index (χ4n) is 3.06. The number of aromatic nitrogens is 3. The molecule has 0 bridgehead atoms. The molecule has 0 aromatic carbocycles. The van der Waals surface area contributed by atoms with Gasteiger partial charge in [-0.05, 0) is 31.4 Å². The summed E-state index contributed by atoms with van der Waals surface area (Å²) >= 11 is 0. The van der Waals surface area contributed by atoms with E-state index in [9.17, 15) is 9.59 Å². The number of anilines is 1. The zero-order valence-corrected chi connectivity index (χ0v) is 14.7. The minimum Gasteiger partial charge on any atom is -0.352 e. The third-order valence-corrected chi connectivity index (χ3v) is 4.47. The molecule has 134 valence electrons. The van der Waals surface area contributed by atoms with Gasteiger partial charge in [-0.25, -0.2) is 14.8 Å². The lowest BCUT2D eigenvalue weighted by atomic mass is 10.1. The first-order chi connectivity index (χ1) is 12.1. The molecular formula is C17H24N6O2. The quantitative estimate of drug-likeness (QED) is 0.863. The summed E-state index contributed by atoms with van der Waals surface area (Å²) < 4.78 is 1.54. The summed E-state index contributed by atoms with van der Waals surface area (Å²) in [5, 5.41) is 5.81. The lowest BCUT2D eigenvalue weighted by molar-refractivity contribution is 0.234. The molecule has 1 aliphatic heterocycles. The second-order valence-electron chi connectivity index (χ2n) is 6.31. The summed E-state index contributed by atoms with van der Waals surface area (Å²) in [5.41, 5.74) is 1.15. The summed E-state index contributed by atoms with van der Waals surface area (Å²) in [5.74, 6) is 0.455. The van der Waals surface area contributed by atoms with Crippen molar-refractivity contribution in [2.75, 3.05) is 24.5 Å². The van der Waals surface area contributed by atoms with Gasteiger partial charge in [0.1, 0.15) is 5.52 Å². The van der Waals surface area contributed by atoms with Gasteiger partial charge >= 0.3 is 6.03 Å². The van der Waals surface area contributed by atoms with E-state index >= 15 is 0 Å². The predicted molar refractivity (Wildman–Crippen MR) is 96.8 cm³/mol. The second kappa shape index (κ2) is 7.50. The Kier molecular flexibility index (Phi) is 5.16. The average Bonchev–Trinajstić information content (AvgIpc) is 2.64. The van der Waals surface area contributed by atoms with Crippen LogP contribution in [0.2, 0.25) is 0 Å². The van der Waals surface area contributed by atoms with Gasteiger partial charge in [0.15, 0.2) is 11.5 Å². The molecule has 25 heavy (non-hydrogen) atoms. The summed E-state index contributed by atoms with van der Waals surface area (Å²) in [6.45, 7) is 4.07. The Bertz CT molecular complexity index is 810. The van der Waals surface area contributed by atoms with Crippen molar-refractivity contribution in [1.29, 1.82) is 0 Å². The van der Waals surface area contributed by atoms with E-state index in [2.05, 4.69) is 20.6 Å². The molecule has 3 rings (SSSR count). The zero-order chi connectivity index (χ0) is 17.8. The van der Waals surface area contributed by atoms with Crippen molar-refractivity contribution in [2.45, 2.75) is 32.2 Å². The van der Waals surface area contributed by atoms with Gasteiger partial charge in [-0.2, -0.15) is 0 Å². The van der Waals surface area contributed by atoms with Gasteiger partial charge in [0.2, 0.25) is 0 Å². The molecule has 2 N–H and O–H groups in total. The normalized spacial score (nSPS) is 15.4. The van der Waals surface area contributed by atoms with E-state index in [4.69, 9.17) is 0 Å². The van der Waals surface area contributed by atoms with Crippen LogP contribution in [0.1, 0.15) is 26.2 Å². The van der Waals surface area contributed by atoms with E-state index in [1.807, 2.05) is 24.0 Å². The third-order valence-electron chi connectivity index (χ3n) is 4.47. The first-order valence-electron chi connectivity index (χ1n) is 8.71. The van der Waals surface area contributed by atoms with Gasteiger partial charge in [-0.1, -0.05) is 6.92 Å². The zero-order valence-electron chi connectivity index (χ0n) is 14.7. The number of aryl methyl sites for hydroxylation is 1. The molecule has 0 aliphatic carbocycles. The van der Waals surface area contributed by atoms with E-state index in [-0.39, 0.29) is 17.6 Å². The number of amides is 2. The molecule has 2 amide bonds. The molecule has 2 aromatic rings. The Labute approximate surface area is 146 Å². The molecule has 0 radical (unpaired) electrons. The maximum Gasteiger partial charge on any atom is 0.315 e. The highest BCUT2D eigenvalue weighted by atomic mass is 16.2. The third kappa shape index (κ3) is 3.72. The first kappa shape index (κ1) is 17.2. The van der Waals surface area contributed by atoms with Gasteiger partial charge in [-0.15, -0.1) is 0 Å². The highest BCUT2D eigenvalue weighted by Crippen LogP contribution is 2.17. The molecule has 1 fully saturated rings. The van der Waals surface area contributed by atoms with Crippen molar-refractivity contribution in [3.63, 3.8) is 0 Å². The average molecular weight is 344 g/mol. The number of nitrogens with one attached hydrogen (secondary N) is 2. The SMILES string of the molecule is CCCNC(=O)NC1CCN(c2nc3cccnc3n(C)c2=O)CC1. The topological polar surface area (TPSA) is 92.2 Å². The molecule has 3 heterocycles. The Hall–Kier alpha value is -2.64. The van der Waals surface area contributed by atoms with Gasteiger partial charge in [0.25, 0.3) is 5.56 Å². The molecule has 8 heteroatoms. The highest BCUT2D eigenvalue weighted by Gasteiger charge is 2.24. The Balaban J connectivity index is 1.69. The maximum absolute atomic E-state index is 12.6. The number of urea groups is 1. The second-order valence-corrected chi connectivity index (χ2v) is 6.31. The van der Waals surface area contributed by atoms with Gasteiger partial charge in [0.05, 0.1) is 0 Å². The summed E-state index contributed by atoms with van der Waals surface area (Å²) in [7, 11) is 1.72. The van der Waals surface area contributed by atoms with Gasteiger partial charge in [-0.3, -0.25) is 9.36 Å². The lowest BCUT2D eigenvalue weighted by Gasteiger charge is -2.32. The smallest absolute Gasteiger partial charge is 0.315 e. The number of nitrogens with zero attached hydrogens (tertiary/aromatic N) is 4. The highest BCUT2D eigenvalue weighted by molar-refractivity contribution is 5.74. The summed E-state index contributed by atoms with van der Waals surface area (Å²) in [6, 6.07) is 3.68. The van der Waals surface area contributed by atoms with Crippen LogP contribution < -0.4 is 21.1 Å². The van der Waals surface area contributed by atoms with Crippen LogP contribution in [0, 0.1) is 0 Å². The van der Waals surface area contributed by atoms with Gasteiger partial charge < -0.3 is 15.5 Å². The van der Waals surface area contributed by atoms with Crippen molar-refractivity contribution in [3.05, 3.63) is 28.7 Å². The van der Waals surface area contributed by atoms with Gasteiger partial charge in [0, 0.05) is 38.9 Å². The van der Waals surface area contributed by atoms with Crippen molar-refractivity contribution < 1.29 is 4.79 Å². The molecular weight excluding hydrogens is 320 g/mol. The van der Waals surface area contributed by atoms with E-state index in [0.717, 1.165) is 19.3 Å². The van der Waals surface area contributed by atoms with Crippen LogP contribution in [-0.4, -0.2) is 46.2 Å². The monoisotopic (exact) mass is 344 g/mol. The van der Waals surface area contributed by atoms with Crippen molar-refractivity contribution in [3.8, 4) is 0 Å². The van der Waals surface area contributed by atoms with E-state index in [1.54, 1.807) is 17.8 Å². The number of carbonyl (C=O) groups is 1. The lowest BCUT2D eigenvalue weighted by Crippen LogP contribution is -2.49. The minimum atomic E-state index is -0.140. The molecule has 0 atom stereocenters. The van der Waals surface area contributed by atoms with Crippen molar-refractivity contribution >= 4 is 23.0 Å². The van der Waals surface area contributed by atoms with E-state index < -0.39 is 0 Å². The van der Waals surface area contributed by atoms with Crippen LogP contribution in [0.25, 0.3) is 11.2 Å². The Morgan fingerprint density at radius 1 is 1.36 bits per heavy atom. The fourth-order valence-corrected chi connectivity index (χ4v) is 3.06. The van der Waals surface area contributed by atoms with Crippen LogP contribution >= 0.6 is 0 Å². The molecule has 1 saturated heterocycles. The van der Waals surface area contributed by atoms with Crippen LogP contribution in [-0.2, 0) is 7.05 Å². The number of hydrogen-bond donors (Lipinski definition) is 2. The van der Waals surface area contributed by atoms with Crippen LogP contribution in [0.4, 0.5) is 10.6 Å². The number of piperidine rings is 1. The summed E-state index contributed by atoms with van der Waals surface area (Å²) in [4.78, 5) is 35.1. The summed E-state index contributed by atoms with van der Waals surface area (Å²) in [6.07, 6.45) is 4.15. The number of pyridine rings is 1. The molecule has 0 unspecified atom stereocenters. The van der Waals surface area contributed by atoms with E-state index in [0.29, 0.717) is 36.6 Å². The maximum atomic E-state index is 12.6. The molecule has 0 saturated carbocycles. The molecule has 2 aromatic heterocycles. The molecule has 0 spiro atoms. The Morgan fingerprint density at radius 3 is 2.84 bits per heavy atom. The fraction of sp³-hybridized carbons (Fsp3) is 0.529. The van der Waals surface area contributed by atoms with E-state index in [1.165, 1.54) is 0 Å². The minimum absolute atomic E-state index is 0.119. The largest absolute Gasteiger partial charge is 0.352 e. The first-order valence-corrected chi connectivity index (χ1v) is 8.71.